The number of aliphatic hydroxyl groups is 2. The summed E-state index contributed by atoms with van der Waals surface area (Å²) in [4.78, 5) is 24.6. The van der Waals surface area contributed by atoms with E-state index in [2.05, 4.69) is 43.5 Å². The van der Waals surface area contributed by atoms with Gasteiger partial charge in [-0.05, 0) is 83.5 Å². The Hall–Kier alpha value is -1.92. The zero-order valence-corrected chi connectivity index (χ0v) is 52.7. The van der Waals surface area contributed by atoms with E-state index >= 15 is 0 Å². The lowest BCUT2D eigenvalue weighted by Gasteiger charge is -2.20. The fourth-order valence-electron chi connectivity index (χ4n) is 11.0. The van der Waals surface area contributed by atoms with Gasteiger partial charge in [0.25, 0.3) is 0 Å². The molecule has 0 saturated carbocycles. The van der Waals surface area contributed by atoms with Gasteiger partial charge in [-0.3, -0.25) is 9.59 Å². The Bertz CT molecular complexity index is 1260. The average Bonchev–Trinajstić information content (AvgIpc) is 3.44. The fraction of sp³-hybridized carbons (Fsp3) is 0.889. The van der Waals surface area contributed by atoms with Gasteiger partial charge in [0, 0.05) is 12.8 Å². The summed E-state index contributed by atoms with van der Waals surface area (Å²) in [5.41, 5.74) is 0. The van der Waals surface area contributed by atoms with Gasteiger partial charge in [0.15, 0.2) is 0 Å². The number of ether oxygens (including phenoxy) is 1. The van der Waals surface area contributed by atoms with E-state index in [1.807, 2.05) is 6.08 Å². The molecule has 0 aliphatic rings. The molecular formula is C72H137NO5. The zero-order chi connectivity index (χ0) is 56.4. The van der Waals surface area contributed by atoms with Crippen molar-refractivity contribution >= 4 is 11.9 Å². The maximum absolute atomic E-state index is 12.5. The van der Waals surface area contributed by atoms with E-state index in [1.165, 1.54) is 315 Å². The second-order valence-electron chi connectivity index (χ2n) is 24.2. The minimum absolute atomic E-state index is 0.00777. The summed E-state index contributed by atoms with van der Waals surface area (Å²) in [5, 5.41) is 23.2. The van der Waals surface area contributed by atoms with Gasteiger partial charge in [-0.15, -0.1) is 0 Å². The molecule has 3 N–H and O–H groups in total. The minimum Gasteiger partial charge on any atom is -0.466 e. The largest absolute Gasteiger partial charge is 0.466 e. The lowest BCUT2D eigenvalue weighted by molar-refractivity contribution is -0.143. The molecular weight excluding hydrogens is 959 g/mol. The molecule has 1 amide bonds. The Balaban J connectivity index is 3.40. The van der Waals surface area contributed by atoms with Gasteiger partial charge in [-0.1, -0.05) is 326 Å². The number of esters is 1. The van der Waals surface area contributed by atoms with Crippen molar-refractivity contribution in [1.82, 2.24) is 5.32 Å². The van der Waals surface area contributed by atoms with Crippen LogP contribution in [-0.4, -0.2) is 47.4 Å². The van der Waals surface area contributed by atoms with Gasteiger partial charge in [0.1, 0.15) is 0 Å². The normalized spacial score (nSPS) is 12.7. The Morgan fingerprint density at radius 3 is 0.910 bits per heavy atom. The highest BCUT2D eigenvalue weighted by Gasteiger charge is 2.18. The first-order valence-corrected chi connectivity index (χ1v) is 35.3. The maximum atomic E-state index is 12.5. The quantitative estimate of drug-likeness (QED) is 0.0320. The van der Waals surface area contributed by atoms with E-state index in [0.717, 1.165) is 44.9 Å². The highest BCUT2D eigenvalue weighted by Crippen LogP contribution is 2.18. The monoisotopic (exact) mass is 1100 g/mol. The number of hydrogen-bond donors (Lipinski definition) is 3. The Kier molecular flexibility index (Phi) is 65.9. The van der Waals surface area contributed by atoms with E-state index in [-0.39, 0.29) is 18.5 Å². The molecule has 6 heteroatoms. The first-order valence-electron chi connectivity index (χ1n) is 35.3. The SMILES string of the molecule is CCCCCCCCC/C=C\CCCCCCCC(=O)OCCCCCCCCCCCCCC/C=C\CCCCCCCCCCCCCC(=O)NC(CO)C(O)/C=C/CCCCCCCCCCCCCCCCCC. The van der Waals surface area contributed by atoms with E-state index in [4.69, 9.17) is 4.74 Å². The van der Waals surface area contributed by atoms with Crippen molar-refractivity contribution < 1.29 is 24.5 Å². The number of rotatable bonds is 66. The molecule has 0 rings (SSSR count). The summed E-state index contributed by atoms with van der Waals surface area (Å²) in [6, 6.07) is -0.629. The van der Waals surface area contributed by atoms with Crippen LogP contribution in [0.15, 0.2) is 36.5 Å². The number of amides is 1. The Morgan fingerprint density at radius 2 is 0.603 bits per heavy atom. The van der Waals surface area contributed by atoms with Crippen LogP contribution in [0, 0.1) is 0 Å². The van der Waals surface area contributed by atoms with Crippen molar-refractivity contribution in [2.24, 2.45) is 0 Å². The number of aliphatic hydroxyl groups excluding tert-OH is 2. The van der Waals surface area contributed by atoms with Crippen LogP contribution in [0.4, 0.5) is 0 Å². The average molecular weight is 1100 g/mol. The second-order valence-corrected chi connectivity index (χ2v) is 24.2. The van der Waals surface area contributed by atoms with E-state index in [9.17, 15) is 19.8 Å². The summed E-state index contributed by atoms with van der Waals surface area (Å²) in [7, 11) is 0. The Morgan fingerprint density at radius 1 is 0.346 bits per heavy atom. The van der Waals surface area contributed by atoms with Gasteiger partial charge < -0.3 is 20.3 Å². The number of carbonyl (C=O) groups excluding carboxylic acids is 2. The molecule has 0 bridgehead atoms. The third-order valence-corrected chi connectivity index (χ3v) is 16.4. The predicted molar refractivity (Wildman–Crippen MR) is 343 cm³/mol. The molecule has 0 radical (unpaired) electrons. The molecule has 460 valence electrons. The van der Waals surface area contributed by atoms with Gasteiger partial charge in [0.2, 0.25) is 5.91 Å². The van der Waals surface area contributed by atoms with E-state index < -0.39 is 12.1 Å². The molecule has 0 aliphatic carbocycles. The van der Waals surface area contributed by atoms with Gasteiger partial charge in [-0.25, -0.2) is 0 Å². The van der Waals surface area contributed by atoms with Crippen LogP contribution in [0.2, 0.25) is 0 Å². The Labute approximate surface area is 487 Å². The molecule has 0 spiro atoms. The summed E-state index contributed by atoms with van der Waals surface area (Å²) in [6.07, 6.45) is 86.5. The van der Waals surface area contributed by atoms with Crippen LogP contribution in [0.25, 0.3) is 0 Å². The zero-order valence-electron chi connectivity index (χ0n) is 52.7. The molecule has 6 nitrogen and oxygen atoms in total. The van der Waals surface area contributed by atoms with Crippen molar-refractivity contribution in [2.45, 2.75) is 398 Å². The molecule has 2 unspecified atom stereocenters. The van der Waals surface area contributed by atoms with E-state index in [0.29, 0.717) is 19.4 Å². The van der Waals surface area contributed by atoms with Gasteiger partial charge in [-0.2, -0.15) is 0 Å². The van der Waals surface area contributed by atoms with Crippen molar-refractivity contribution in [3.8, 4) is 0 Å². The van der Waals surface area contributed by atoms with Crippen molar-refractivity contribution in [3.05, 3.63) is 36.5 Å². The van der Waals surface area contributed by atoms with Crippen molar-refractivity contribution in [2.75, 3.05) is 13.2 Å². The first-order chi connectivity index (χ1) is 38.5. The lowest BCUT2D eigenvalue weighted by Crippen LogP contribution is -2.45. The molecule has 0 aromatic rings. The molecule has 0 aromatic carbocycles. The highest BCUT2D eigenvalue weighted by molar-refractivity contribution is 5.76. The number of carbonyl (C=O) groups is 2. The molecule has 0 heterocycles. The van der Waals surface area contributed by atoms with Crippen LogP contribution >= 0.6 is 0 Å². The number of hydrogen-bond acceptors (Lipinski definition) is 5. The fourth-order valence-corrected chi connectivity index (χ4v) is 11.0. The van der Waals surface area contributed by atoms with Crippen LogP contribution in [0.3, 0.4) is 0 Å². The standard InChI is InChI=1S/C72H137NO5/c1-3-5-7-9-11-13-15-17-19-21-33-36-40-44-48-52-56-60-64-70(75)69(68-74)73-71(76)65-61-57-53-49-45-41-37-34-31-29-27-25-23-22-24-26-28-30-32-35-39-43-47-51-55-59-63-67-78-72(77)66-62-58-54-50-46-42-38-20-18-16-14-12-10-8-6-4-2/h20,22-23,38,60,64,69-70,74-75H,3-19,21,24-37,39-59,61-63,65-68H2,1-2H3,(H,73,76)/b23-22-,38-20-,64-60+. The number of allylic oxidation sites excluding steroid dienone is 5. The van der Waals surface area contributed by atoms with Crippen LogP contribution < -0.4 is 5.32 Å². The third kappa shape index (κ3) is 63.3. The maximum Gasteiger partial charge on any atom is 0.305 e. The lowest BCUT2D eigenvalue weighted by atomic mass is 10.0. The molecule has 0 saturated heterocycles. The van der Waals surface area contributed by atoms with Crippen molar-refractivity contribution in [3.63, 3.8) is 0 Å². The first kappa shape index (κ1) is 76.1. The summed E-state index contributed by atoms with van der Waals surface area (Å²) < 4.78 is 5.49. The number of nitrogens with one attached hydrogen (secondary N) is 1. The summed E-state index contributed by atoms with van der Waals surface area (Å²) in [5.74, 6) is -0.0582. The summed E-state index contributed by atoms with van der Waals surface area (Å²) >= 11 is 0. The highest BCUT2D eigenvalue weighted by atomic mass is 16.5. The molecule has 0 aromatic heterocycles. The van der Waals surface area contributed by atoms with Gasteiger partial charge >= 0.3 is 5.97 Å². The molecule has 0 fully saturated rings. The summed E-state index contributed by atoms with van der Waals surface area (Å²) in [6.45, 7) is 4.93. The topological polar surface area (TPSA) is 95.9 Å². The van der Waals surface area contributed by atoms with Crippen molar-refractivity contribution in [1.29, 1.82) is 0 Å². The number of unbranched alkanes of at least 4 members (excludes halogenated alkanes) is 51. The minimum atomic E-state index is -0.846. The molecule has 78 heavy (non-hydrogen) atoms. The smallest absolute Gasteiger partial charge is 0.305 e. The second kappa shape index (κ2) is 67.6. The van der Waals surface area contributed by atoms with E-state index in [1.54, 1.807) is 6.08 Å². The predicted octanol–water partition coefficient (Wildman–Crippen LogP) is 22.7. The van der Waals surface area contributed by atoms with Crippen LogP contribution in [0.1, 0.15) is 386 Å². The molecule has 0 aliphatic heterocycles. The van der Waals surface area contributed by atoms with Crippen LogP contribution in [0.5, 0.6) is 0 Å². The third-order valence-electron chi connectivity index (χ3n) is 16.4. The van der Waals surface area contributed by atoms with Gasteiger partial charge in [0.05, 0.1) is 25.4 Å². The molecule has 2 atom stereocenters. The van der Waals surface area contributed by atoms with Crippen LogP contribution in [-0.2, 0) is 14.3 Å².